The molecule has 0 bridgehead atoms. The zero-order valence-electron chi connectivity index (χ0n) is 13.1. The van der Waals surface area contributed by atoms with Gasteiger partial charge >= 0.3 is 5.63 Å². The Kier molecular flexibility index (Phi) is 3.98. The molecule has 0 spiro atoms. The van der Waals surface area contributed by atoms with E-state index in [4.69, 9.17) is 4.42 Å². The molecule has 0 unspecified atom stereocenters. The molecule has 0 aliphatic heterocycles. The number of rotatable bonds is 3. The second-order valence-electron chi connectivity index (χ2n) is 5.40. The van der Waals surface area contributed by atoms with Crippen LogP contribution in [0.5, 0.6) is 0 Å². The minimum absolute atomic E-state index is 0.00834. The molecule has 3 rings (SSSR count). The van der Waals surface area contributed by atoms with E-state index in [2.05, 4.69) is 5.32 Å². The fraction of sp³-hybridized carbons (Fsp3) is 0.158. The normalized spacial score (nSPS) is 10.7. The van der Waals surface area contributed by atoms with E-state index in [-0.39, 0.29) is 5.56 Å². The summed E-state index contributed by atoms with van der Waals surface area (Å²) >= 11 is 0. The second-order valence-corrected chi connectivity index (χ2v) is 5.40. The predicted octanol–water partition coefficient (Wildman–Crippen LogP) is 3.92. The third-order valence-electron chi connectivity index (χ3n) is 3.86. The van der Waals surface area contributed by atoms with Crippen LogP contribution in [0.1, 0.15) is 28.4 Å². The molecule has 0 fully saturated rings. The summed E-state index contributed by atoms with van der Waals surface area (Å²) in [5.41, 5.74) is 2.60. The maximum absolute atomic E-state index is 12.5. The lowest BCUT2D eigenvalue weighted by molar-refractivity contribution is 0.102. The van der Waals surface area contributed by atoms with E-state index in [1.165, 1.54) is 0 Å². The van der Waals surface area contributed by atoms with Crippen LogP contribution in [0.2, 0.25) is 0 Å². The molecule has 1 amide bonds. The Bertz CT molecular complexity index is 941. The van der Waals surface area contributed by atoms with Gasteiger partial charge in [-0.1, -0.05) is 43.3 Å². The standard InChI is InChI=1S/C19H17NO3/c1-3-13-9-6-7-12(2)17(13)20-18(21)15-11-14-8-4-5-10-16(14)23-19(15)22/h4-11H,3H2,1-2H3,(H,20,21). The van der Waals surface area contributed by atoms with Crippen molar-refractivity contribution in [3.8, 4) is 0 Å². The highest BCUT2D eigenvalue weighted by Crippen LogP contribution is 2.22. The van der Waals surface area contributed by atoms with E-state index in [9.17, 15) is 9.59 Å². The van der Waals surface area contributed by atoms with Gasteiger partial charge in [0.05, 0.1) is 0 Å². The monoisotopic (exact) mass is 307 g/mol. The Morgan fingerprint density at radius 1 is 1.13 bits per heavy atom. The van der Waals surface area contributed by atoms with Gasteiger partial charge in [-0.2, -0.15) is 0 Å². The molecule has 2 aromatic carbocycles. The van der Waals surface area contributed by atoms with Gasteiger partial charge in [-0.05, 0) is 36.6 Å². The van der Waals surface area contributed by atoms with E-state index in [0.29, 0.717) is 5.58 Å². The van der Waals surface area contributed by atoms with Gasteiger partial charge in [0.1, 0.15) is 11.1 Å². The van der Waals surface area contributed by atoms with E-state index < -0.39 is 11.5 Å². The number of aryl methyl sites for hydroxylation is 2. The molecule has 1 aromatic heterocycles. The molecule has 0 radical (unpaired) electrons. The van der Waals surface area contributed by atoms with Gasteiger partial charge in [0.15, 0.2) is 0 Å². The van der Waals surface area contributed by atoms with Crippen molar-refractivity contribution in [2.24, 2.45) is 0 Å². The lowest BCUT2D eigenvalue weighted by atomic mass is 10.1. The first kappa shape index (κ1) is 15.0. The van der Waals surface area contributed by atoms with Crippen molar-refractivity contribution in [2.45, 2.75) is 20.3 Å². The lowest BCUT2D eigenvalue weighted by Crippen LogP contribution is -2.21. The molecule has 0 atom stereocenters. The fourth-order valence-electron chi connectivity index (χ4n) is 2.60. The van der Waals surface area contributed by atoms with Gasteiger partial charge in [-0.3, -0.25) is 4.79 Å². The van der Waals surface area contributed by atoms with Crippen molar-refractivity contribution in [3.63, 3.8) is 0 Å². The van der Waals surface area contributed by atoms with Gasteiger partial charge < -0.3 is 9.73 Å². The summed E-state index contributed by atoms with van der Waals surface area (Å²) < 4.78 is 5.22. The van der Waals surface area contributed by atoms with Crippen molar-refractivity contribution in [3.05, 3.63) is 75.6 Å². The Morgan fingerprint density at radius 3 is 2.70 bits per heavy atom. The lowest BCUT2D eigenvalue weighted by Gasteiger charge is -2.12. The Hall–Kier alpha value is -2.88. The van der Waals surface area contributed by atoms with E-state index in [0.717, 1.165) is 28.6 Å². The summed E-state index contributed by atoms with van der Waals surface area (Å²) in [5, 5.41) is 3.57. The number of benzene rings is 2. The van der Waals surface area contributed by atoms with Crippen LogP contribution in [0.4, 0.5) is 5.69 Å². The topological polar surface area (TPSA) is 59.3 Å². The van der Waals surface area contributed by atoms with Gasteiger partial charge in [0.2, 0.25) is 0 Å². The van der Waals surface area contributed by atoms with Gasteiger partial charge in [-0.15, -0.1) is 0 Å². The first-order chi connectivity index (χ1) is 11.1. The van der Waals surface area contributed by atoms with Crippen LogP contribution < -0.4 is 10.9 Å². The third-order valence-corrected chi connectivity index (χ3v) is 3.86. The maximum atomic E-state index is 12.5. The predicted molar refractivity (Wildman–Crippen MR) is 91.0 cm³/mol. The SMILES string of the molecule is CCc1cccc(C)c1NC(=O)c1cc2ccccc2oc1=O. The molecule has 4 heteroatoms. The summed E-state index contributed by atoms with van der Waals surface area (Å²) in [7, 11) is 0. The number of fused-ring (bicyclic) bond motifs is 1. The summed E-state index contributed by atoms with van der Waals surface area (Å²) in [5.74, 6) is -0.450. The summed E-state index contributed by atoms with van der Waals surface area (Å²) in [4.78, 5) is 24.6. The molecule has 0 saturated carbocycles. The number of para-hydroxylation sites is 2. The first-order valence-electron chi connectivity index (χ1n) is 7.53. The molecular formula is C19H17NO3. The molecule has 0 saturated heterocycles. The molecule has 3 aromatic rings. The second kappa shape index (κ2) is 6.08. The van der Waals surface area contributed by atoms with Crippen molar-refractivity contribution in [1.29, 1.82) is 0 Å². The summed E-state index contributed by atoms with van der Waals surface area (Å²) in [6, 6.07) is 14.5. The van der Waals surface area contributed by atoms with Crippen LogP contribution in [0.25, 0.3) is 11.0 Å². The summed E-state index contributed by atoms with van der Waals surface area (Å²) in [6.07, 6.45) is 0.795. The average molecular weight is 307 g/mol. The van der Waals surface area contributed by atoms with Crippen molar-refractivity contribution in [2.75, 3.05) is 5.32 Å². The van der Waals surface area contributed by atoms with Crippen molar-refractivity contribution >= 4 is 22.6 Å². The quantitative estimate of drug-likeness (QED) is 0.746. The Labute approximate surface area is 133 Å². The van der Waals surface area contributed by atoms with E-state index in [1.807, 2.05) is 38.1 Å². The third kappa shape index (κ3) is 2.88. The highest BCUT2D eigenvalue weighted by molar-refractivity contribution is 6.06. The van der Waals surface area contributed by atoms with E-state index >= 15 is 0 Å². The minimum Gasteiger partial charge on any atom is -0.422 e. The number of nitrogens with one attached hydrogen (secondary N) is 1. The van der Waals surface area contributed by atoms with Crippen molar-refractivity contribution < 1.29 is 9.21 Å². The van der Waals surface area contributed by atoms with Gasteiger partial charge in [0, 0.05) is 11.1 Å². The average Bonchev–Trinajstić information content (AvgIpc) is 2.55. The number of amides is 1. The largest absolute Gasteiger partial charge is 0.422 e. The number of carbonyl (C=O) groups excluding carboxylic acids is 1. The van der Waals surface area contributed by atoms with Gasteiger partial charge in [0.25, 0.3) is 5.91 Å². The van der Waals surface area contributed by atoms with Crippen LogP contribution in [0, 0.1) is 6.92 Å². The molecule has 23 heavy (non-hydrogen) atoms. The van der Waals surface area contributed by atoms with Crippen LogP contribution in [0.15, 0.2) is 57.7 Å². The number of carbonyl (C=O) groups is 1. The summed E-state index contributed by atoms with van der Waals surface area (Å²) in [6.45, 7) is 3.95. The van der Waals surface area contributed by atoms with Crippen LogP contribution in [-0.2, 0) is 6.42 Å². The van der Waals surface area contributed by atoms with Crippen LogP contribution in [0.3, 0.4) is 0 Å². The van der Waals surface area contributed by atoms with Crippen molar-refractivity contribution in [1.82, 2.24) is 0 Å². The smallest absolute Gasteiger partial charge is 0.349 e. The highest BCUT2D eigenvalue weighted by Gasteiger charge is 2.16. The molecule has 1 heterocycles. The molecule has 0 aliphatic rings. The first-order valence-corrected chi connectivity index (χ1v) is 7.53. The number of anilines is 1. The minimum atomic E-state index is -0.632. The number of hydrogen-bond donors (Lipinski definition) is 1. The van der Waals surface area contributed by atoms with Gasteiger partial charge in [-0.25, -0.2) is 4.79 Å². The Morgan fingerprint density at radius 2 is 1.91 bits per heavy atom. The maximum Gasteiger partial charge on any atom is 0.349 e. The number of hydrogen-bond acceptors (Lipinski definition) is 3. The molecule has 116 valence electrons. The van der Waals surface area contributed by atoms with E-state index in [1.54, 1.807) is 24.3 Å². The molecule has 4 nitrogen and oxygen atoms in total. The molecular weight excluding hydrogens is 290 g/mol. The van der Waals surface area contributed by atoms with Crippen LogP contribution in [-0.4, -0.2) is 5.91 Å². The molecule has 1 N–H and O–H groups in total. The highest BCUT2D eigenvalue weighted by atomic mass is 16.4. The Balaban J connectivity index is 2.02. The van der Waals surface area contributed by atoms with Crippen LogP contribution >= 0.6 is 0 Å². The zero-order valence-corrected chi connectivity index (χ0v) is 13.1. The molecule has 0 aliphatic carbocycles. The fourth-order valence-corrected chi connectivity index (χ4v) is 2.60. The zero-order chi connectivity index (χ0) is 16.4.